The minimum atomic E-state index is -0.538. The molecule has 3 N–H and O–H groups in total. The van der Waals surface area contributed by atoms with Gasteiger partial charge < -0.3 is 16.0 Å². The molecule has 0 bridgehead atoms. The molecule has 0 saturated carbocycles. The number of nitrogen functional groups attached to an aromatic ring is 1. The van der Waals surface area contributed by atoms with Crippen molar-refractivity contribution in [1.29, 1.82) is 0 Å². The molecule has 0 radical (unpaired) electrons. The van der Waals surface area contributed by atoms with Crippen LogP contribution in [0.15, 0.2) is 42.6 Å². The van der Waals surface area contributed by atoms with Crippen molar-refractivity contribution >= 4 is 23.3 Å². The summed E-state index contributed by atoms with van der Waals surface area (Å²) in [6.07, 6.45) is 2.77. The molecule has 2 aromatic rings. The molecule has 2 heterocycles. The van der Waals surface area contributed by atoms with Gasteiger partial charge in [-0.2, -0.15) is 0 Å². The van der Waals surface area contributed by atoms with Gasteiger partial charge in [0.25, 0.3) is 0 Å². The van der Waals surface area contributed by atoms with Gasteiger partial charge in [0.1, 0.15) is 11.9 Å². The van der Waals surface area contributed by atoms with E-state index in [2.05, 4.69) is 10.3 Å². The Hall–Kier alpha value is -2.89. The predicted molar refractivity (Wildman–Crippen MR) is 101 cm³/mol. The first-order chi connectivity index (χ1) is 12.5. The second-order valence-corrected chi connectivity index (χ2v) is 6.73. The number of hydrogen-bond acceptors (Lipinski definition) is 4. The predicted octanol–water partition coefficient (Wildman–Crippen LogP) is 2.60. The van der Waals surface area contributed by atoms with Gasteiger partial charge >= 0.3 is 0 Å². The number of rotatable bonds is 4. The van der Waals surface area contributed by atoms with Crippen LogP contribution >= 0.6 is 0 Å². The van der Waals surface area contributed by atoms with E-state index in [1.54, 1.807) is 17.0 Å². The number of nitrogens with zero attached hydrogens (tertiary/aromatic N) is 2. The average molecular weight is 352 g/mol. The largest absolute Gasteiger partial charge is 0.384 e. The number of nitrogens with one attached hydrogen (secondary N) is 1. The van der Waals surface area contributed by atoms with E-state index in [-0.39, 0.29) is 17.7 Å². The molecule has 6 heteroatoms. The smallest absolute Gasteiger partial charge is 0.247 e. The Morgan fingerprint density at radius 1 is 1.27 bits per heavy atom. The maximum Gasteiger partial charge on any atom is 0.247 e. The fourth-order valence-electron chi connectivity index (χ4n) is 3.15. The van der Waals surface area contributed by atoms with Crippen LogP contribution < -0.4 is 11.1 Å². The van der Waals surface area contributed by atoms with Crippen molar-refractivity contribution in [2.75, 3.05) is 11.1 Å². The van der Waals surface area contributed by atoms with Gasteiger partial charge in [0, 0.05) is 18.9 Å². The first kappa shape index (κ1) is 17.9. The van der Waals surface area contributed by atoms with E-state index < -0.39 is 6.04 Å². The quantitative estimate of drug-likeness (QED) is 0.885. The molecule has 0 aliphatic carbocycles. The van der Waals surface area contributed by atoms with Crippen molar-refractivity contribution in [3.8, 4) is 0 Å². The summed E-state index contributed by atoms with van der Waals surface area (Å²) < 4.78 is 0. The van der Waals surface area contributed by atoms with Gasteiger partial charge in [-0.25, -0.2) is 4.98 Å². The Kier molecular flexibility index (Phi) is 5.21. The summed E-state index contributed by atoms with van der Waals surface area (Å²) in [6.45, 7) is 4.34. The Balaban J connectivity index is 1.86. The number of carbonyl (C=O) groups excluding carboxylic acids is 2. The maximum absolute atomic E-state index is 12.9. The van der Waals surface area contributed by atoms with Crippen LogP contribution in [0.5, 0.6) is 0 Å². The molecule has 1 aliphatic rings. The fraction of sp³-hybridized carbons (Fsp3) is 0.350. The van der Waals surface area contributed by atoms with Gasteiger partial charge in [-0.15, -0.1) is 0 Å². The lowest BCUT2D eigenvalue weighted by Crippen LogP contribution is -2.52. The van der Waals surface area contributed by atoms with Crippen molar-refractivity contribution in [2.45, 2.75) is 39.3 Å². The lowest BCUT2D eigenvalue weighted by molar-refractivity contribution is -0.143. The lowest BCUT2D eigenvalue weighted by Gasteiger charge is -2.37. The number of fused-ring (bicyclic) bond motifs is 1. The van der Waals surface area contributed by atoms with Crippen LogP contribution in [-0.2, 0) is 22.6 Å². The average Bonchev–Trinajstić information content (AvgIpc) is 2.67. The molecule has 2 atom stereocenters. The second kappa shape index (κ2) is 7.56. The van der Waals surface area contributed by atoms with Crippen LogP contribution in [0, 0.1) is 5.92 Å². The third-order valence-corrected chi connectivity index (χ3v) is 4.92. The fourth-order valence-corrected chi connectivity index (χ4v) is 3.15. The highest BCUT2D eigenvalue weighted by molar-refractivity contribution is 5.97. The summed E-state index contributed by atoms with van der Waals surface area (Å²) in [5.41, 5.74) is 8.36. The minimum absolute atomic E-state index is 0.0117. The topological polar surface area (TPSA) is 88.3 Å². The number of carbonyl (C=O) groups is 2. The molecule has 0 fully saturated rings. The molecule has 1 aliphatic heterocycles. The highest BCUT2D eigenvalue weighted by atomic mass is 16.2. The first-order valence-corrected chi connectivity index (χ1v) is 8.89. The number of nitrogens with two attached hydrogens (primary N) is 1. The zero-order valence-electron chi connectivity index (χ0n) is 15.1. The molecule has 0 spiro atoms. The summed E-state index contributed by atoms with van der Waals surface area (Å²) in [6, 6.07) is 10.8. The van der Waals surface area contributed by atoms with E-state index in [9.17, 15) is 9.59 Å². The number of aromatic nitrogens is 1. The van der Waals surface area contributed by atoms with Gasteiger partial charge in [0.05, 0.1) is 11.9 Å². The van der Waals surface area contributed by atoms with E-state index in [0.29, 0.717) is 24.5 Å². The van der Waals surface area contributed by atoms with E-state index in [0.717, 1.165) is 17.5 Å². The molecule has 3 rings (SSSR count). The number of amides is 2. The van der Waals surface area contributed by atoms with Crippen LogP contribution in [-0.4, -0.2) is 27.7 Å². The molecule has 1 aromatic heterocycles. The van der Waals surface area contributed by atoms with Crippen LogP contribution in [0.25, 0.3) is 0 Å². The van der Waals surface area contributed by atoms with Gasteiger partial charge in [0.15, 0.2) is 0 Å². The first-order valence-electron chi connectivity index (χ1n) is 8.89. The summed E-state index contributed by atoms with van der Waals surface area (Å²) in [5, 5.41) is 2.86. The van der Waals surface area contributed by atoms with Crippen molar-refractivity contribution in [3.05, 3.63) is 53.7 Å². The summed E-state index contributed by atoms with van der Waals surface area (Å²) in [7, 11) is 0. The number of benzene rings is 1. The summed E-state index contributed by atoms with van der Waals surface area (Å²) in [5.74, 6) is 0.0808. The highest BCUT2D eigenvalue weighted by Gasteiger charge is 2.35. The molecule has 0 saturated heterocycles. The molecule has 1 aromatic carbocycles. The molecular formula is C20H24N4O2. The SMILES string of the molecule is CCC(C)C(=O)N1Cc2ccccc2CC1C(=O)Nc1ccc(N)nc1. The van der Waals surface area contributed by atoms with Gasteiger partial charge in [0.2, 0.25) is 11.8 Å². The molecule has 2 unspecified atom stereocenters. The van der Waals surface area contributed by atoms with Gasteiger partial charge in [-0.05, 0) is 29.7 Å². The third kappa shape index (κ3) is 3.69. The normalized spacial score (nSPS) is 17.3. The van der Waals surface area contributed by atoms with Crippen LogP contribution in [0.2, 0.25) is 0 Å². The van der Waals surface area contributed by atoms with Crippen LogP contribution in [0.3, 0.4) is 0 Å². The summed E-state index contributed by atoms with van der Waals surface area (Å²) >= 11 is 0. The number of anilines is 2. The Morgan fingerprint density at radius 3 is 2.65 bits per heavy atom. The van der Waals surface area contributed by atoms with Crippen LogP contribution in [0.4, 0.5) is 11.5 Å². The van der Waals surface area contributed by atoms with Gasteiger partial charge in [-0.3, -0.25) is 9.59 Å². The Morgan fingerprint density at radius 2 is 2.00 bits per heavy atom. The Labute approximate surface area is 153 Å². The molecule has 136 valence electrons. The van der Waals surface area contributed by atoms with E-state index >= 15 is 0 Å². The number of hydrogen-bond donors (Lipinski definition) is 2. The lowest BCUT2D eigenvalue weighted by atomic mass is 9.92. The maximum atomic E-state index is 12.9. The van der Waals surface area contributed by atoms with E-state index in [1.807, 2.05) is 38.1 Å². The second-order valence-electron chi connectivity index (χ2n) is 6.73. The van der Waals surface area contributed by atoms with Crippen molar-refractivity contribution < 1.29 is 9.59 Å². The zero-order valence-corrected chi connectivity index (χ0v) is 15.1. The molecular weight excluding hydrogens is 328 g/mol. The zero-order chi connectivity index (χ0) is 18.7. The van der Waals surface area contributed by atoms with Crippen molar-refractivity contribution in [1.82, 2.24) is 9.88 Å². The van der Waals surface area contributed by atoms with Crippen LogP contribution in [0.1, 0.15) is 31.4 Å². The summed E-state index contributed by atoms with van der Waals surface area (Å²) in [4.78, 5) is 31.5. The van der Waals surface area contributed by atoms with Gasteiger partial charge in [-0.1, -0.05) is 38.1 Å². The highest BCUT2D eigenvalue weighted by Crippen LogP contribution is 2.26. The third-order valence-electron chi connectivity index (χ3n) is 4.92. The molecule has 6 nitrogen and oxygen atoms in total. The van der Waals surface area contributed by atoms with Crippen molar-refractivity contribution in [2.24, 2.45) is 5.92 Å². The van der Waals surface area contributed by atoms with Crippen molar-refractivity contribution in [3.63, 3.8) is 0 Å². The molecule has 2 amide bonds. The number of pyridine rings is 1. The molecule has 26 heavy (non-hydrogen) atoms. The minimum Gasteiger partial charge on any atom is -0.384 e. The monoisotopic (exact) mass is 352 g/mol. The Bertz CT molecular complexity index is 804. The van der Waals surface area contributed by atoms with E-state index in [1.165, 1.54) is 6.20 Å². The van der Waals surface area contributed by atoms with E-state index in [4.69, 9.17) is 5.73 Å². The standard InChI is InChI=1S/C20H24N4O2/c1-3-13(2)20(26)24-12-15-7-5-4-6-14(15)10-17(24)19(25)23-16-8-9-18(21)22-11-16/h4-9,11,13,17H,3,10,12H2,1-2H3,(H2,21,22)(H,23,25).